The van der Waals surface area contributed by atoms with E-state index in [1.807, 2.05) is 0 Å². The van der Waals surface area contributed by atoms with Crippen molar-refractivity contribution in [3.8, 4) is 0 Å². The van der Waals surface area contributed by atoms with Crippen LogP contribution in [0.2, 0.25) is 0 Å². The molecule has 4 heteroatoms. The first-order valence-corrected chi connectivity index (χ1v) is 6.46. The topological polar surface area (TPSA) is 55.1 Å². The third kappa shape index (κ3) is 8.38. The number of carbonyl (C=O) groups excluding carboxylic acids is 1. The molecule has 3 nitrogen and oxygen atoms in total. The summed E-state index contributed by atoms with van der Waals surface area (Å²) in [6.45, 7) is 4.98. The van der Waals surface area contributed by atoms with E-state index in [0.29, 0.717) is 5.75 Å². The van der Waals surface area contributed by atoms with Crippen LogP contribution in [0.25, 0.3) is 0 Å². The Morgan fingerprint density at radius 2 is 2.21 bits per heavy atom. The quantitative estimate of drug-likeness (QED) is 0.605. The highest BCUT2D eigenvalue weighted by Crippen LogP contribution is 2.03. The number of nitrogens with one attached hydrogen (secondary N) is 1. The van der Waals surface area contributed by atoms with Gasteiger partial charge in [0.2, 0.25) is 5.91 Å². The van der Waals surface area contributed by atoms with Crippen LogP contribution < -0.4 is 11.1 Å². The van der Waals surface area contributed by atoms with Crippen molar-refractivity contribution in [3.63, 3.8) is 0 Å². The molecule has 1 atom stereocenters. The standard InChI is InChI=1S/C10H22N2OS/c1-3-5-6-12-10(13)8-14-7-9(11)4-2/h9H,3-8,11H2,1-2H3,(H,12,13). The van der Waals surface area contributed by atoms with Gasteiger partial charge in [0, 0.05) is 18.3 Å². The number of nitrogens with two attached hydrogens (primary N) is 1. The molecule has 84 valence electrons. The normalized spacial score (nSPS) is 12.5. The first-order valence-electron chi connectivity index (χ1n) is 5.30. The summed E-state index contributed by atoms with van der Waals surface area (Å²) in [7, 11) is 0. The summed E-state index contributed by atoms with van der Waals surface area (Å²) in [6.07, 6.45) is 3.16. The third-order valence-electron chi connectivity index (χ3n) is 1.94. The SMILES string of the molecule is CCCCNC(=O)CSCC(N)CC. The van der Waals surface area contributed by atoms with E-state index < -0.39 is 0 Å². The van der Waals surface area contributed by atoms with Crippen LogP contribution in [-0.4, -0.2) is 30.0 Å². The van der Waals surface area contributed by atoms with Crippen LogP contribution in [0.15, 0.2) is 0 Å². The van der Waals surface area contributed by atoms with Gasteiger partial charge in [-0.3, -0.25) is 4.79 Å². The molecule has 0 aromatic rings. The van der Waals surface area contributed by atoms with Gasteiger partial charge in [-0.05, 0) is 12.8 Å². The smallest absolute Gasteiger partial charge is 0.229 e. The molecule has 0 heterocycles. The molecule has 1 amide bonds. The highest BCUT2D eigenvalue weighted by atomic mass is 32.2. The molecule has 1 unspecified atom stereocenters. The maximum Gasteiger partial charge on any atom is 0.229 e. The van der Waals surface area contributed by atoms with Crippen molar-refractivity contribution >= 4 is 17.7 Å². The molecule has 0 rings (SSSR count). The van der Waals surface area contributed by atoms with E-state index in [-0.39, 0.29) is 11.9 Å². The van der Waals surface area contributed by atoms with Gasteiger partial charge in [0.05, 0.1) is 5.75 Å². The lowest BCUT2D eigenvalue weighted by Gasteiger charge is -2.08. The van der Waals surface area contributed by atoms with E-state index in [0.717, 1.165) is 31.6 Å². The van der Waals surface area contributed by atoms with Gasteiger partial charge in [0.15, 0.2) is 0 Å². The Hall–Kier alpha value is -0.220. The Balaban J connectivity index is 3.26. The lowest BCUT2D eigenvalue weighted by Crippen LogP contribution is -2.28. The molecule has 0 aliphatic heterocycles. The second-order valence-electron chi connectivity index (χ2n) is 3.39. The van der Waals surface area contributed by atoms with E-state index in [1.165, 1.54) is 0 Å². The highest BCUT2D eigenvalue weighted by molar-refractivity contribution is 7.99. The highest BCUT2D eigenvalue weighted by Gasteiger charge is 2.03. The molecular weight excluding hydrogens is 196 g/mol. The Labute approximate surface area is 91.2 Å². The largest absolute Gasteiger partial charge is 0.355 e. The molecule has 0 aliphatic carbocycles. The summed E-state index contributed by atoms with van der Waals surface area (Å²) < 4.78 is 0. The lowest BCUT2D eigenvalue weighted by atomic mass is 10.3. The summed E-state index contributed by atoms with van der Waals surface area (Å²) >= 11 is 1.62. The fourth-order valence-electron chi connectivity index (χ4n) is 0.876. The van der Waals surface area contributed by atoms with Crippen LogP contribution in [0.4, 0.5) is 0 Å². The Kier molecular flexibility index (Phi) is 9.19. The van der Waals surface area contributed by atoms with Gasteiger partial charge in [0.25, 0.3) is 0 Å². The molecule has 0 aliphatic rings. The van der Waals surface area contributed by atoms with E-state index in [2.05, 4.69) is 19.2 Å². The average Bonchev–Trinajstić information content (AvgIpc) is 2.18. The van der Waals surface area contributed by atoms with Gasteiger partial charge >= 0.3 is 0 Å². The summed E-state index contributed by atoms with van der Waals surface area (Å²) in [5, 5.41) is 2.87. The van der Waals surface area contributed by atoms with E-state index >= 15 is 0 Å². The van der Waals surface area contributed by atoms with Crippen LogP contribution in [-0.2, 0) is 4.79 Å². The molecule has 3 N–H and O–H groups in total. The van der Waals surface area contributed by atoms with Crippen LogP contribution in [0.3, 0.4) is 0 Å². The first kappa shape index (κ1) is 13.8. The molecule has 0 saturated heterocycles. The number of thioether (sulfide) groups is 1. The molecule has 0 spiro atoms. The summed E-state index contributed by atoms with van der Waals surface area (Å²) in [5.74, 6) is 1.54. The maximum atomic E-state index is 11.2. The van der Waals surface area contributed by atoms with E-state index in [4.69, 9.17) is 5.73 Å². The summed E-state index contributed by atoms with van der Waals surface area (Å²) in [6, 6.07) is 0.225. The van der Waals surface area contributed by atoms with Crippen molar-refractivity contribution in [1.82, 2.24) is 5.32 Å². The van der Waals surface area contributed by atoms with Crippen molar-refractivity contribution in [2.24, 2.45) is 5.73 Å². The number of hydrogen-bond acceptors (Lipinski definition) is 3. The van der Waals surface area contributed by atoms with Crippen LogP contribution in [0.5, 0.6) is 0 Å². The molecular formula is C10H22N2OS. The molecule has 14 heavy (non-hydrogen) atoms. The zero-order chi connectivity index (χ0) is 10.8. The maximum absolute atomic E-state index is 11.2. The molecule has 0 fully saturated rings. The van der Waals surface area contributed by atoms with Crippen molar-refractivity contribution < 1.29 is 4.79 Å². The summed E-state index contributed by atoms with van der Waals surface area (Å²) in [5.41, 5.74) is 5.73. The Morgan fingerprint density at radius 3 is 2.79 bits per heavy atom. The van der Waals surface area contributed by atoms with Crippen LogP contribution >= 0.6 is 11.8 Å². The lowest BCUT2D eigenvalue weighted by molar-refractivity contribution is -0.118. The summed E-state index contributed by atoms with van der Waals surface area (Å²) in [4.78, 5) is 11.2. The van der Waals surface area contributed by atoms with Crippen molar-refractivity contribution in [3.05, 3.63) is 0 Å². The molecule has 0 radical (unpaired) electrons. The Morgan fingerprint density at radius 1 is 1.50 bits per heavy atom. The van der Waals surface area contributed by atoms with Gasteiger partial charge in [-0.25, -0.2) is 0 Å². The third-order valence-corrected chi connectivity index (χ3v) is 3.07. The zero-order valence-corrected chi connectivity index (χ0v) is 10.0. The fraction of sp³-hybridized carbons (Fsp3) is 0.900. The Bertz CT molecular complexity index is 153. The number of hydrogen-bond donors (Lipinski definition) is 2. The molecule has 0 bridgehead atoms. The van der Waals surface area contributed by atoms with Gasteiger partial charge in [-0.2, -0.15) is 11.8 Å². The van der Waals surface area contributed by atoms with E-state index in [1.54, 1.807) is 11.8 Å². The fourth-order valence-corrected chi connectivity index (χ4v) is 1.82. The monoisotopic (exact) mass is 218 g/mol. The van der Waals surface area contributed by atoms with Crippen molar-refractivity contribution in [2.75, 3.05) is 18.1 Å². The minimum atomic E-state index is 0.131. The van der Waals surface area contributed by atoms with Crippen LogP contribution in [0.1, 0.15) is 33.1 Å². The average molecular weight is 218 g/mol. The number of unbranched alkanes of at least 4 members (excludes halogenated alkanes) is 1. The molecule has 0 aromatic heterocycles. The predicted molar refractivity (Wildman–Crippen MR) is 63.5 cm³/mol. The van der Waals surface area contributed by atoms with Crippen LogP contribution in [0, 0.1) is 0 Å². The van der Waals surface area contributed by atoms with Gasteiger partial charge in [-0.15, -0.1) is 0 Å². The van der Waals surface area contributed by atoms with Gasteiger partial charge < -0.3 is 11.1 Å². The molecule has 0 aromatic carbocycles. The number of rotatable bonds is 8. The predicted octanol–water partition coefficient (Wildman–Crippen LogP) is 1.37. The van der Waals surface area contributed by atoms with E-state index in [9.17, 15) is 4.79 Å². The zero-order valence-electron chi connectivity index (χ0n) is 9.21. The number of amides is 1. The van der Waals surface area contributed by atoms with Gasteiger partial charge in [-0.1, -0.05) is 20.3 Å². The van der Waals surface area contributed by atoms with Crippen molar-refractivity contribution in [1.29, 1.82) is 0 Å². The second kappa shape index (κ2) is 9.34. The second-order valence-corrected chi connectivity index (χ2v) is 4.42. The van der Waals surface area contributed by atoms with Crippen molar-refractivity contribution in [2.45, 2.75) is 39.2 Å². The van der Waals surface area contributed by atoms with Gasteiger partial charge in [0.1, 0.15) is 0 Å². The minimum Gasteiger partial charge on any atom is -0.355 e. The number of carbonyl (C=O) groups is 1. The first-order chi connectivity index (χ1) is 6.70. The minimum absolute atomic E-state index is 0.131. The molecule has 0 saturated carbocycles.